The summed E-state index contributed by atoms with van der Waals surface area (Å²) in [4.78, 5) is 21.1. The maximum atomic E-state index is 11.0. The van der Waals surface area contributed by atoms with Crippen LogP contribution in [-0.4, -0.2) is 30.8 Å². The van der Waals surface area contributed by atoms with Gasteiger partial charge in [-0.2, -0.15) is 0 Å². The Hall–Kier alpha value is -2.97. The normalized spacial score (nSPS) is 10.2. The van der Waals surface area contributed by atoms with Gasteiger partial charge in [0.1, 0.15) is 12.0 Å². The van der Waals surface area contributed by atoms with Gasteiger partial charge in [-0.3, -0.25) is 10.1 Å². The summed E-state index contributed by atoms with van der Waals surface area (Å²) in [6, 6.07) is 3.67. The third-order valence-electron chi connectivity index (χ3n) is 2.68. The number of nitrogens with zero attached hydrogens (tertiary/aromatic N) is 4. The second-order valence-corrected chi connectivity index (χ2v) is 4.01. The molecule has 1 aromatic carbocycles. The fourth-order valence-corrected chi connectivity index (χ4v) is 1.61. The predicted molar refractivity (Wildman–Crippen MR) is 68.4 cm³/mol. The fraction of sp³-hybridized carbons (Fsp3) is 0.182. The number of carbonyl (C=O) groups is 1. The van der Waals surface area contributed by atoms with E-state index in [4.69, 9.17) is 5.11 Å². The number of rotatable bonds is 5. The van der Waals surface area contributed by atoms with Crippen molar-refractivity contribution < 1.29 is 14.8 Å². The smallest absolute Gasteiger partial charge is 0.335 e. The van der Waals surface area contributed by atoms with Gasteiger partial charge in [0, 0.05) is 13.1 Å². The van der Waals surface area contributed by atoms with Crippen molar-refractivity contribution in [2.75, 3.05) is 5.32 Å². The molecule has 2 rings (SSSR count). The van der Waals surface area contributed by atoms with Gasteiger partial charge < -0.3 is 15.0 Å². The van der Waals surface area contributed by atoms with E-state index in [0.29, 0.717) is 5.82 Å². The maximum absolute atomic E-state index is 11.0. The SMILES string of the molecule is Cn1cnnc1CNc1ccc(C(=O)O)cc1[N+](=O)[O-]. The van der Waals surface area contributed by atoms with Gasteiger partial charge in [-0.1, -0.05) is 0 Å². The van der Waals surface area contributed by atoms with Crippen LogP contribution in [0.4, 0.5) is 11.4 Å². The van der Waals surface area contributed by atoms with Gasteiger partial charge in [-0.25, -0.2) is 4.79 Å². The van der Waals surface area contributed by atoms with E-state index < -0.39 is 10.9 Å². The topological polar surface area (TPSA) is 123 Å². The Bertz CT molecular complexity index is 667. The van der Waals surface area contributed by atoms with Crippen molar-refractivity contribution in [2.45, 2.75) is 6.54 Å². The lowest BCUT2D eigenvalue weighted by molar-refractivity contribution is -0.384. The third-order valence-corrected chi connectivity index (χ3v) is 2.68. The van der Waals surface area contributed by atoms with Crippen LogP contribution in [-0.2, 0) is 13.6 Å². The first-order chi connectivity index (χ1) is 9.49. The number of hydrogen-bond donors (Lipinski definition) is 2. The highest BCUT2D eigenvalue weighted by molar-refractivity contribution is 5.89. The summed E-state index contributed by atoms with van der Waals surface area (Å²) in [6.07, 6.45) is 1.51. The van der Waals surface area contributed by atoms with Gasteiger partial charge in [0.15, 0.2) is 5.82 Å². The second-order valence-electron chi connectivity index (χ2n) is 4.01. The summed E-state index contributed by atoms with van der Waals surface area (Å²) < 4.78 is 1.67. The lowest BCUT2D eigenvalue weighted by atomic mass is 10.1. The Balaban J connectivity index is 2.25. The Morgan fingerprint density at radius 1 is 1.55 bits per heavy atom. The predicted octanol–water partition coefficient (Wildman–Crippen LogP) is 1.03. The van der Waals surface area contributed by atoms with Crippen molar-refractivity contribution in [1.82, 2.24) is 14.8 Å². The highest BCUT2D eigenvalue weighted by Crippen LogP contribution is 2.26. The quantitative estimate of drug-likeness (QED) is 0.618. The minimum atomic E-state index is -1.21. The molecule has 104 valence electrons. The third kappa shape index (κ3) is 2.71. The van der Waals surface area contributed by atoms with Crippen LogP contribution in [0.2, 0.25) is 0 Å². The van der Waals surface area contributed by atoms with Crippen molar-refractivity contribution in [3.05, 3.63) is 46.0 Å². The fourth-order valence-electron chi connectivity index (χ4n) is 1.61. The lowest BCUT2D eigenvalue weighted by Gasteiger charge is -2.07. The first-order valence-corrected chi connectivity index (χ1v) is 5.57. The molecule has 0 radical (unpaired) electrons. The molecule has 9 nitrogen and oxygen atoms in total. The molecule has 0 unspecified atom stereocenters. The number of hydrogen-bond acceptors (Lipinski definition) is 6. The minimum absolute atomic E-state index is 0.138. The molecular weight excluding hydrogens is 266 g/mol. The van der Waals surface area contributed by atoms with Gasteiger partial charge in [0.25, 0.3) is 5.69 Å². The molecule has 0 aliphatic rings. The summed E-state index contributed by atoms with van der Waals surface area (Å²) in [6.45, 7) is 0.240. The minimum Gasteiger partial charge on any atom is -0.478 e. The highest BCUT2D eigenvalue weighted by atomic mass is 16.6. The second kappa shape index (κ2) is 5.34. The van der Waals surface area contributed by atoms with E-state index in [1.54, 1.807) is 11.6 Å². The molecule has 0 aliphatic heterocycles. The molecule has 0 atom stereocenters. The molecule has 2 N–H and O–H groups in total. The highest BCUT2D eigenvalue weighted by Gasteiger charge is 2.17. The van der Waals surface area contributed by atoms with Crippen LogP contribution in [0.3, 0.4) is 0 Å². The number of aromatic carboxylic acids is 1. The van der Waals surface area contributed by atoms with Crippen LogP contribution in [0.5, 0.6) is 0 Å². The summed E-state index contributed by atoms with van der Waals surface area (Å²) in [5, 5.41) is 30.2. The van der Waals surface area contributed by atoms with E-state index in [2.05, 4.69) is 15.5 Å². The number of aryl methyl sites for hydroxylation is 1. The number of nitro benzene ring substituents is 1. The molecule has 0 fully saturated rings. The molecule has 0 saturated carbocycles. The molecule has 20 heavy (non-hydrogen) atoms. The van der Waals surface area contributed by atoms with Crippen molar-refractivity contribution in [3.63, 3.8) is 0 Å². The van der Waals surface area contributed by atoms with Gasteiger partial charge >= 0.3 is 5.97 Å². The van der Waals surface area contributed by atoms with Gasteiger partial charge in [0.05, 0.1) is 17.0 Å². The maximum Gasteiger partial charge on any atom is 0.335 e. The summed E-state index contributed by atoms with van der Waals surface area (Å²) in [5.74, 6) is -0.616. The van der Waals surface area contributed by atoms with Crippen molar-refractivity contribution in [1.29, 1.82) is 0 Å². The van der Waals surface area contributed by atoms with Crippen LogP contribution in [0.1, 0.15) is 16.2 Å². The lowest BCUT2D eigenvalue weighted by Crippen LogP contribution is -2.08. The van der Waals surface area contributed by atoms with Gasteiger partial charge in [-0.05, 0) is 12.1 Å². The molecule has 9 heteroatoms. The molecule has 0 aliphatic carbocycles. The summed E-state index contributed by atoms with van der Waals surface area (Å²) in [5.41, 5.74) is -0.212. The molecule has 2 aromatic rings. The van der Waals surface area contributed by atoms with Crippen molar-refractivity contribution in [2.24, 2.45) is 7.05 Å². The zero-order chi connectivity index (χ0) is 14.7. The van der Waals surface area contributed by atoms with E-state index in [0.717, 1.165) is 6.07 Å². The van der Waals surface area contributed by atoms with Gasteiger partial charge in [0.2, 0.25) is 0 Å². The van der Waals surface area contributed by atoms with E-state index in [1.165, 1.54) is 18.5 Å². The number of nitro groups is 1. The van der Waals surface area contributed by atoms with E-state index in [1.807, 2.05) is 0 Å². The molecule has 0 bridgehead atoms. The molecule has 1 heterocycles. The largest absolute Gasteiger partial charge is 0.478 e. The van der Waals surface area contributed by atoms with Crippen molar-refractivity contribution in [3.8, 4) is 0 Å². The number of aromatic nitrogens is 3. The number of nitrogens with one attached hydrogen (secondary N) is 1. The number of anilines is 1. The molecule has 0 spiro atoms. The Morgan fingerprint density at radius 2 is 2.30 bits per heavy atom. The Kier molecular flexibility index (Phi) is 3.60. The molecule has 0 amide bonds. The van der Waals surface area contributed by atoms with Crippen LogP contribution in [0.15, 0.2) is 24.5 Å². The van der Waals surface area contributed by atoms with E-state index >= 15 is 0 Å². The summed E-state index contributed by atoms with van der Waals surface area (Å²) in [7, 11) is 1.75. The summed E-state index contributed by atoms with van der Waals surface area (Å²) >= 11 is 0. The monoisotopic (exact) mass is 277 g/mol. The van der Waals surface area contributed by atoms with Crippen LogP contribution in [0, 0.1) is 10.1 Å². The number of benzene rings is 1. The van der Waals surface area contributed by atoms with Crippen LogP contribution >= 0.6 is 0 Å². The molecule has 0 saturated heterocycles. The zero-order valence-electron chi connectivity index (χ0n) is 10.5. The number of carboxylic acid groups (broad SMARTS) is 1. The van der Waals surface area contributed by atoms with Crippen LogP contribution in [0.25, 0.3) is 0 Å². The zero-order valence-corrected chi connectivity index (χ0v) is 10.5. The van der Waals surface area contributed by atoms with E-state index in [9.17, 15) is 14.9 Å². The van der Waals surface area contributed by atoms with E-state index in [-0.39, 0.29) is 23.5 Å². The first-order valence-electron chi connectivity index (χ1n) is 5.57. The standard InChI is InChI=1S/C11H11N5O4/c1-15-6-13-14-10(15)5-12-8-3-2-7(11(17)18)4-9(8)16(19)20/h2-4,6,12H,5H2,1H3,(H,17,18). The Labute approximate surface area is 113 Å². The average Bonchev–Trinajstić information content (AvgIpc) is 2.81. The van der Waals surface area contributed by atoms with Gasteiger partial charge in [-0.15, -0.1) is 10.2 Å². The van der Waals surface area contributed by atoms with Crippen LogP contribution < -0.4 is 5.32 Å². The average molecular weight is 277 g/mol. The Morgan fingerprint density at radius 3 is 2.85 bits per heavy atom. The van der Waals surface area contributed by atoms with Crippen molar-refractivity contribution >= 4 is 17.3 Å². The number of carboxylic acids is 1. The molecular formula is C11H11N5O4. The first kappa shape index (κ1) is 13.5. The molecule has 1 aromatic heterocycles.